The van der Waals surface area contributed by atoms with Crippen LogP contribution in [0.1, 0.15) is 38.7 Å². The zero-order chi connectivity index (χ0) is 11.1. The monoisotopic (exact) mass is 207 g/mol. The van der Waals surface area contributed by atoms with Crippen molar-refractivity contribution in [1.82, 2.24) is 0 Å². The van der Waals surface area contributed by atoms with E-state index in [1.807, 2.05) is 6.07 Å². The zero-order valence-corrected chi connectivity index (χ0v) is 9.60. The van der Waals surface area contributed by atoms with Gasteiger partial charge in [-0.15, -0.1) is 0 Å². The highest BCUT2D eigenvalue weighted by atomic mass is 19.1. The van der Waals surface area contributed by atoms with Crippen LogP contribution in [0.15, 0.2) is 18.2 Å². The van der Waals surface area contributed by atoms with E-state index >= 15 is 0 Å². The van der Waals surface area contributed by atoms with Crippen LogP contribution in [0.4, 0.5) is 10.1 Å². The van der Waals surface area contributed by atoms with Crippen molar-refractivity contribution in [2.75, 3.05) is 11.9 Å². The van der Waals surface area contributed by atoms with Gasteiger partial charge < -0.3 is 5.32 Å². The van der Waals surface area contributed by atoms with Gasteiger partial charge in [0.05, 0.1) is 0 Å². The molecule has 1 nitrogen and oxygen atoms in total. The van der Waals surface area contributed by atoms with Gasteiger partial charge in [-0.25, -0.2) is 4.39 Å². The third kappa shape index (κ3) is 1.73. The van der Waals surface area contributed by atoms with Crippen LogP contribution < -0.4 is 5.32 Å². The fourth-order valence-electron chi connectivity index (χ4n) is 2.25. The SMILES string of the molecule is CCC(C)(C)C1CNc2ccc(F)cc21. The van der Waals surface area contributed by atoms with Crippen molar-refractivity contribution in [3.63, 3.8) is 0 Å². The average molecular weight is 207 g/mol. The normalized spacial score (nSPS) is 19.9. The molecule has 15 heavy (non-hydrogen) atoms. The summed E-state index contributed by atoms with van der Waals surface area (Å²) in [5, 5.41) is 3.35. The minimum absolute atomic E-state index is 0.130. The smallest absolute Gasteiger partial charge is 0.123 e. The standard InChI is InChI=1S/C13H18FN/c1-4-13(2,3)11-8-15-12-6-5-9(14)7-10(11)12/h5-7,11,15H,4,8H2,1-3H3. The van der Waals surface area contributed by atoms with Crippen LogP contribution in [0.25, 0.3) is 0 Å². The third-order valence-electron chi connectivity index (χ3n) is 3.74. The first-order valence-corrected chi connectivity index (χ1v) is 5.58. The number of fused-ring (bicyclic) bond motifs is 1. The van der Waals surface area contributed by atoms with Crippen LogP contribution in [0.3, 0.4) is 0 Å². The lowest BCUT2D eigenvalue weighted by Gasteiger charge is -2.30. The molecule has 0 saturated heterocycles. The predicted molar refractivity (Wildman–Crippen MR) is 61.7 cm³/mol. The first-order chi connectivity index (χ1) is 7.04. The van der Waals surface area contributed by atoms with Crippen LogP contribution in [0, 0.1) is 11.2 Å². The van der Waals surface area contributed by atoms with Crippen molar-refractivity contribution < 1.29 is 4.39 Å². The number of hydrogen-bond donors (Lipinski definition) is 1. The van der Waals surface area contributed by atoms with Gasteiger partial charge in [0.2, 0.25) is 0 Å². The minimum atomic E-state index is -0.130. The number of nitrogens with one attached hydrogen (secondary N) is 1. The molecule has 1 N–H and O–H groups in total. The maximum Gasteiger partial charge on any atom is 0.123 e. The molecule has 0 radical (unpaired) electrons. The molecule has 82 valence electrons. The van der Waals surface area contributed by atoms with Crippen LogP contribution >= 0.6 is 0 Å². The van der Waals surface area contributed by atoms with Gasteiger partial charge in [0, 0.05) is 18.2 Å². The minimum Gasteiger partial charge on any atom is -0.384 e. The zero-order valence-electron chi connectivity index (χ0n) is 9.60. The Hall–Kier alpha value is -1.05. The fourth-order valence-corrected chi connectivity index (χ4v) is 2.25. The topological polar surface area (TPSA) is 12.0 Å². The summed E-state index contributed by atoms with van der Waals surface area (Å²) < 4.78 is 13.2. The largest absolute Gasteiger partial charge is 0.384 e. The molecule has 2 rings (SSSR count). The molecular formula is C13H18FN. The van der Waals surface area contributed by atoms with E-state index in [-0.39, 0.29) is 11.2 Å². The molecule has 0 aromatic heterocycles. The summed E-state index contributed by atoms with van der Waals surface area (Å²) in [6.07, 6.45) is 1.11. The van der Waals surface area contributed by atoms with Crippen molar-refractivity contribution in [2.45, 2.75) is 33.1 Å². The number of benzene rings is 1. The first kappa shape index (κ1) is 10.5. The summed E-state index contributed by atoms with van der Waals surface area (Å²) in [4.78, 5) is 0. The Labute approximate surface area is 90.7 Å². The lowest BCUT2D eigenvalue weighted by atomic mass is 9.74. The summed E-state index contributed by atoms with van der Waals surface area (Å²) >= 11 is 0. The van der Waals surface area contributed by atoms with E-state index in [0.29, 0.717) is 5.92 Å². The van der Waals surface area contributed by atoms with Crippen molar-refractivity contribution in [2.24, 2.45) is 5.41 Å². The van der Waals surface area contributed by atoms with Crippen LogP contribution in [-0.2, 0) is 0 Å². The summed E-state index contributed by atoms with van der Waals surface area (Å²) in [6, 6.07) is 5.04. The van der Waals surface area contributed by atoms with Gasteiger partial charge in [-0.05, 0) is 29.2 Å². The van der Waals surface area contributed by atoms with Crippen LogP contribution in [0.5, 0.6) is 0 Å². The summed E-state index contributed by atoms with van der Waals surface area (Å²) in [7, 11) is 0. The Morgan fingerprint density at radius 3 is 2.87 bits per heavy atom. The molecule has 0 amide bonds. The Morgan fingerprint density at radius 2 is 2.20 bits per heavy atom. The van der Waals surface area contributed by atoms with Crippen molar-refractivity contribution in [3.05, 3.63) is 29.6 Å². The molecule has 2 heteroatoms. The molecule has 0 bridgehead atoms. The second-order valence-electron chi connectivity index (χ2n) is 5.01. The molecule has 1 heterocycles. The molecule has 0 saturated carbocycles. The molecular weight excluding hydrogens is 189 g/mol. The predicted octanol–water partition coefficient (Wildman–Crippen LogP) is 3.77. The molecule has 1 unspecified atom stereocenters. The van der Waals surface area contributed by atoms with Gasteiger partial charge in [0.1, 0.15) is 5.82 Å². The molecule has 0 fully saturated rings. The lowest BCUT2D eigenvalue weighted by Crippen LogP contribution is -2.22. The molecule has 1 aromatic carbocycles. The van der Waals surface area contributed by atoms with E-state index in [0.717, 1.165) is 24.2 Å². The Morgan fingerprint density at radius 1 is 1.47 bits per heavy atom. The van der Waals surface area contributed by atoms with Gasteiger partial charge in [-0.2, -0.15) is 0 Å². The van der Waals surface area contributed by atoms with E-state index in [2.05, 4.69) is 26.1 Å². The maximum atomic E-state index is 13.2. The number of anilines is 1. The molecule has 1 aliphatic heterocycles. The second-order valence-corrected chi connectivity index (χ2v) is 5.01. The maximum absolute atomic E-state index is 13.2. The second kappa shape index (κ2) is 3.51. The first-order valence-electron chi connectivity index (χ1n) is 5.58. The van der Waals surface area contributed by atoms with Crippen molar-refractivity contribution in [1.29, 1.82) is 0 Å². The highest BCUT2D eigenvalue weighted by Crippen LogP contribution is 2.44. The number of hydrogen-bond acceptors (Lipinski definition) is 1. The quantitative estimate of drug-likeness (QED) is 0.778. The van der Waals surface area contributed by atoms with Crippen molar-refractivity contribution in [3.8, 4) is 0 Å². The van der Waals surface area contributed by atoms with E-state index < -0.39 is 0 Å². The average Bonchev–Trinajstić information content (AvgIpc) is 2.61. The Bertz CT molecular complexity index is 371. The van der Waals surface area contributed by atoms with E-state index in [4.69, 9.17) is 0 Å². The van der Waals surface area contributed by atoms with Crippen LogP contribution in [0.2, 0.25) is 0 Å². The Balaban J connectivity index is 2.39. The molecule has 1 atom stereocenters. The third-order valence-corrected chi connectivity index (χ3v) is 3.74. The van der Waals surface area contributed by atoms with Gasteiger partial charge >= 0.3 is 0 Å². The molecule has 0 spiro atoms. The number of rotatable bonds is 2. The molecule has 1 aromatic rings. The van der Waals surface area contributed by atoms with Crippen molar-refractivity contribution >= 4 is 5.69 Å². The van der Waals surface area contributed by atoms with E-state index in [1.165, 1.54) is 6.07 Å². The fraction of sp³-hybridized carbons (Fsp3) is 0.538. The summed E-state index contributed by atoms with van der Waals surface area (Å²) in [6.45, 7) is 7.62. The lowest BCUT2D eigenvalue weighted by molar-refractivity contribution is 0.288. The summed E-state index contributed by atoms with van der Waals surface area (Å²) in [5.74, 6) is 0.294. The van der Waals surface area contributed by atoms with Gasteiger partial charge in [0.25, 0.3) is 0 Å². The van der Waals surface area contributed by atoms with Gasteiger partial charge in [0.15, 0.2) is 0 Å². The van der Waals surface area contributed by atoms with Gasteiger partial charge in [-0.3, -0.25) is 0 Å². The summed E-state index contributed by atoms with van der Waals surface area (Å²) in [5.41, 5.74) is 2.47. The number of halogens is 1. The van der Waals surface area contributed by atoms with E-state index in [9.17, 15) is 4.39 Å². The highest BCUT2D eigenvalue weighted by Gasteiger charge is 2.34. The Kier molecular flexibility index (Phi) is 2.45. The van der Waals surface area contributed by atoms with E-state index in [1.54, 1.807) is 6.07 Å². The van der Waals surface area contributed by atoms with Crippen LogP contribution in [-0.4, -0.2) is 6.54 Å². The molecule has 0 aliphatic carbocycles. The van der Waals surface area contributed by atoms with Gasteiger partial charge in [-0.1, -0.05) is 27.2 Å². The molecule has 1 aliphatic rings. The highest BCUT2D eigenvalue weighted by molar-refractivity contribution is 5.58.